The van der Waals surface area contributed by atoms with E-state index in [9.17, 15) is 19.2 Å². The molecule has 36 heavy (non-hydrogen) atoms. The highest BCUT2D eigenvalue weighted by Gasteiger charge is 2.67. The van der Waals surface area contributed by atoms with Gasteiger partial charge < -0.3 is 4.74 Å². The first-order chi connectivity index (χ1) is 17.1. The Morgan fingerprint density at radius 3 is 2.25 bits per heavy atom. The number of amides is 3. The first-order valence-corrected chi connectivity index (χ1v) is 13.8. The molecule has 1 heterocycles. The van der Waals surface area contributed by atoms with E-state index in [1.165, 1.54) is 31.4 Å². The highest BCUT2D eigenvalue weighted by molar-refractivity contribution is 9.12. The molecule has 2 aliphatic carbocycles. The number of ether oxygens (including phenoxy) is 1. The number of ketones is 1. The molecule has 11 heteroatoms. The van der Waals surface area contributed by atoms with E-state index in [0.717, 1.165) is 16.4 Å². The summed E-state index contributed by atoms with van der Waals surface area (Å²) in [5, 5.41) is 2.16. The molecule has 7 nitrogen and oxygen atoms in total. The fourth-order valence-electron chi connectivity index (χ4n) is 5.63. The Kier molecular flexibility index (Phi) is 6.95. The molecule has 3 fully saturated rings. The number of rotatable bonds is 6. The lowest BCUT2D eigenvalue weighted by atomic mass is 9.81. The summed E-state index contributed by atoms with van der Waals surface area (Å²) < 4.78 is 5.20. The number of halogens is 4. The third-order valence-corrected chi connectivity index (χ3v) is 11.0. The van der Waals surface area contributed by atoms with E-state index in [1.54, 1.807) is 18.2 Å². The molecular weight excluding hydrogens is 639 g/mol. The van der Waals surface area contributed by atoms with E-state index < -0.39 is 41.9 Å². The lowest BCUT2D eigenvalue weighted by Gasteiger charge is -2.31. The fraction of sp³-hybridized carbons (Fsp3) is 0.360. The predicted molar refractivity (Wildman–Crippen MR) is 141 cm³/mol. The molecule has 0 N–H and O–H groups in total. The molecule has 0 radical (unpaired) electrons. The number of Topliss-reactive ketones (excluding diaryl/α,β-unsaturated/α-hetero) is 1. The quantitative estimate of drug-likeness (QED) is 0.247. The predicted octanol–water partition coefficient (Wildman–Crippen LogP) is 5.02. The SMILES string of the molecule is COc1cccc(C(=O)CN(C(=O)c2ccc(Cl)cc2Cl)N2C(=O)[C@@H]3[C@H]4C[C@@H]([C@H](Br)[C@H]4Br)[C@H]3C2=O)c1. The topological polar surface area (TPSA) is 84.0 Å². The van der Waals surface area contributed by atoms with Gasteiger partial charge in [-0.05, 0) is 48.6 Å². The van der Waals surface area contributed by atoms with Gasteiger partial charge in [-0.2, -0.15) is 5.01 Å². The van der Waals surface area contributed by atoms with E-state index in [0.29, 0.717) is 10.8 Å². The van der Waals surface area contributed by atoms with Crippen LogP contribution >= 0.6 is 55.1 Å². The van der Waals surface area contributed by atoms with Crippen molar-refractivity contribution in [2.24, 2.45) is 23.7 Å². The highest BCUT2D eigenvalue weighted by atomic mass is 79.9. The average Bonchev–Trinajstić information content (AvgIpc) is 3.47. The normalized spacial score (nSPS) is 28.4. The summed E-state index contributed by atoms with van der Waals surface area (Å²) in [6.45, 7) is -0.535. The van der Waals surface area contributed by atoms with Crippen LogP contribution in [0.15, 0.2) is 42.5 Å². The second kappa shape index (κ2) is 9.74. The number of nitrogens with zero attached hydrogens (tertiary/aromatic N) is 2. The van der Waals surface area contributed by atoms with Crippen LogP contribution in [0.25, 0.3) is 0 Å². The number of methoxy groups -OCH3 is 1. The van der Waals surface area contributed by atoms with Gasteiger partial charge in [0.2, 0.25) is 0 Å². The number of hydrogen-bond donors (Lipinski definition) is 0. The first-order valence-electron chi connectivity index (χ1n) is 11.2. The summed E-state index contributed by atoms with van der Waals surface area (Å²) >= 11 is 19.6. The van der Waals surface area contributed by atoms with Gasteiger partial charge in [0.25, 0.3) is 17.7 Å². The maximum Gasteiger partial charge on any atom is 0.274 e. The van der Waals surface area contributed by atoms with Crippen molar-refractivity contribution in [3.05, 3.63) is 63.6 Å². The second-order valence-electron chi connectivity index (χ2n) is 9.13. The Hall–Kier alpha value is -1.94. The summed E-state index contributed by atoms with van der Waals surface area (Å²) in [5.41, 5.74) is 0.298. The number of hydrazine groups is 1. The smallest absolute Gasteiger partial charge is 0.274 e. The van der Waals surface area contributed by atoms with Crippen molar-refractivity contribution in [1.82, 2.24) is 10.0 Å². The molecule has 2 aromatic rings. The monoisotopic (exact) mass is 656 g/mol. The summed E-state index contributed by atoms with van der Waals surface area (Å²) in [4.78, 5) is 54.4. The van der Waals surface area contributed by atoms with Gasteiger partial charge in [-0.25, -0.2) is 5.01 Å². The first kappa shape index (κ1) is 25.7. The number of benzene rings is 2. The summed E-state index contributed by atoms with van der Waals surface area (Å²) in [5.74, 6) is -2.89. The van der Waals surface area contributed by atoms with Crippen LogP contribution < -0.4 is 4.74 Å². The van der Waals surface area contributed by atoms with Gasteiger partial charge in [-0.15, -0.1) is 0 Å². The molecule has 0 spiro atoms. The van der Waals surface area contributed by atoms with Crippen LogP contribution in [0.3, 0.4) is 0 Å². The van der Waals surface area contributed by atoms with Crippen molar-refractivity contribution >= 4 is 78.6 Å². The molecule has 6 atom stereocenters. The fourth-order valence-corrected chi connectivity index (χ4v) is 7.99. The minimum atomic E-state index is -0.743. The standard InChI is InChI=1S/C25H20Br2Cl2N2O5/c1-36-13-4-2-3-11(7-13)18(32)10-30(23(33)14-6-5-12(28)8-17(14)29)31-24(34)19-15-9-16(20(19)25(31)35)22(27)21(15)26/h2-8,15-16,19-22H,9-10H2,1H3/t15-,16-,19-,20-,21+,22+/m1/s1. The van der Waals surface area contributed by atoms with E-state index >= 15 is 0 Å². The largest absolute Gasteiger partial charge is 0.497 e. The van der Waals surface area contributed by atoms with Gasteiger partial charge in [-0.3, -0.25) is 19.2 Å². The van der Waals surface area contributed by atoms with Crippen LogP contribution in [0, 0.1) is 23.7 Å². The molecule has 2 bridgehead atoms. The Labute approximate surface area is 234 Å². The Morgan fingerprint density at radius 2 is 1.67 bits per heavy atom. The Balaban J connectivity index is 1.53. The van der Waals surface area contributed by atoms with Crippen LogP contribution in [-0.4, -0.2) is 56.8 Å². The third kappa shape index (κ3) is 4.08. The van der Waals surface area contributed by atoms with E-state index in [1.807, 2.05) is 0 Å². The van der Waals surface area contributed by atoms with Crippen molar-refractivity contribution < 1.29 is 23.9 Å². The molecule has 0 aromatic heterocycles. The molecule has 188 valence electrons. The van der Waals surface area contributed by atoms with Gasteiger partial charge >= 0.3 is 0 Å². The van der Waals surface area contributed by atoms with Crippen LogP contribution in [0.4, 0.5) is 0 Å². The van der Waals surface area contributed by atoms with E-state index in [4.69, 9.17) is 27.9 Å². The third-order valence-electron chi connectivity index (χ3n) is 7.29. The molecule has 5 rings (SSSR count). The van der Waals surface area contributed by atoms with E-state index in [2.05, 4.69) is 31.9 Å². The number of alkyl halides is 2. The maximum atomic E-state index is 13.7. The Morgan fingerprint density at radius 1 is 1.03 bits per heavy atom. The lowest BCUT2D eigenvalue weighted by molar-refractivity contribution is -0.154. The van der Waals surface area contributed by atoms with Crippen LogP contribution in [0.5, 0.6) is 5.75 Å². The number of imide groups is 1. The zero-order valence-electron chi connectivity index (χ0n) is 18.9. The number of carbonyl (C=O) groups is 4. The van der Waals surface area contributed by atoms with Crippen molar-refractivity contribution in [3.8, 4) is 5.75 Å². The van der Waals surface area contributed by atoms with Crippen molar-refractivity contribution in [2.45, 2.75) is 16.1 Å². The molecular formula is C25H20Br2Cl2N2O5. The maximum absolute atomic E-state index is 13.7. The second-order valence-corrected chi connectivity index (χ2v) is 12.1. The van der Waals surface area contributed by atoms with Gasteiger partial charge in [0.05, 0.1) is 29.5 Å². The van der Waals surface area contributed by atoms with Crippen LogP contribution in [-0.2, 0) is 9.59 Å². The zero-order valence-corrected chi connectivity index (χ0v) is 23.6. The van der Waals surface area contributed by atoms with Crippen LogP contribution in [0.1, 0.15) is 27.1 Å². The minimum absolute atomic E-state index is 0.0249. The molecule has 0 unspecified atom stereocenters. The summed E-state index contributed by atoms with van der Waals surface area (Å²) in [6, 6.07) is 10.7. The van der Waals surface area contributed by atoms with Gasteiger partial charge in [0.1, 0.15) is 12.3 Å². The van der Waals surface area contributed by atoms with Crippen molar-refractivity contribution in [1.29, 1.82) is 0 Å². The molecule has 1 aliphatic heterocycles. The minimum Gasteiger partial charge on any atom is -0.497 e. The summed E-state index contributed by atoms with van der Waals surface area (Å²) in [7, 11) is 1.48. The molecule has 1 saturated heterocycles. The number of fused-ring (bicyclic) bond motifs is 5. The number of carbonyl (C=O) groups excluding carboxylic acids is 4. The molecule has 3 amide bonds. The number of hydrogen-bond acceptors (Lipinski definition) is 5. The summed E-state index contributed by atoms with van der Waals surface area (Å²) in [6.07, 6.45) is 0.742. The molecule has 2 aromatic carbocycles. The van der Waals surface area contributed by atoms with E-state index in [-0.39, 0.29) is 37.6 Å². The zero-order chi connectivity index (χ0) is 25.9. The highest BCUT2D eigenvalue weighted by Crippen LogP contribution is 2.60. The Bertz CT molecular complexity index is 1260. The molecule has 3 aliphatic rings. The average molecular weight is 659 g/mol. The molecule has 2 saturated carbocycles. The lowest BCUT2D eigenvalue weighted by Crippen LogP contribution is -2.52. The van der Waals surface area contributed by atoms with Crippen molar-refractivity contribution in [2.75, 3.05) is 13.7 Å². The van der Waals surface area contributed by atoms with Gasteiger partial charge in [0, 0.05) is 20.2 Å². The van der Waals surface area contributed by atoms with Crippen molar-refractivity contribution in [3.63, 3.8) is 0 Å². The van der Waals surface area contributed by atoms with Crippen LogP contribution in [0.2, 0.25) is 10.0 Å². The van der Waals surface area contributed by atoms with Gasteiger partial charge in [-0.1, -0.05) is 67.2 Å². The van der Waals surface area contributed by atoms with Gasteiger partial charge in [0.15, 0.2) is 5.78 Å².